The Bertz CT molecular complexity index is 1130. The number of carbonyl (C=O) groups is 1. The number of aromatic nitrogens is 5. The lowest BCUT2D eigenvalue weighted by atomic mass is 10.2. The molecule has 1 fully saturated rings. The van der Waals surface area contributed by atoms with Gasteiger partial charge in [0.05, 0.1) is 29.4 Å². The maximum atomic E-state index is 12.0. The zero-order chi connectivity index (χ0) is 20.5. The van der Waals surface area contributed by atoms with Crippen molar-refractivity contribution in [1.82, 2.24) is 29.6 Å². The maximum absolute atomic E-state index is 12.0. The summed E-state index contributed by atoms with van der Waals surface area (Å²) in [6.07, 6.45) is 6.73. The van der Waals surface area contributed by atoms with E-state index in [2.05, 4.69) is 38.0 Å². The van der Waals surface area contributed by atoms with Crippen molar-refractivity contribution in [2.75, 3.05) is 11.9 Å². The van der Waals surface area contributed by atoms with Crippen molar-refractivity contribution in [3.8, 4) is 11.9 Å². The predicted octanol–water partition coefficient (Wildman–Crippen LogP) is 1.86. The molecule has 0 aromatic carbocycles. The van der Waals surface area contributed by atoms with Crippen LogP contribution in [0.1, 0.15) is 18.9 Å². The number of aryl methyl sites for hydroxylation is 1. The fourth-order valence-corrected chi connectivity index (χ4v) is 3.49. The van der Waals surface area contributed by atoms with E-state index in [1.54, 1.807) is 28.2 Å². The number of fused-ring (bicyclic) bond motifs is 1. The Kier molecular flexibility index (Phi) is 4.64. The molecule has 1 amide bonds. The number of hydrogen-bond donors (Lipinski definition) is 2. The van der Waals surface area contributed by atoms with Gasteiger partial charge in [-0.2, -0.15) is 20.3 Å². The molecule has 2 atom stereocenters. The summed E-state index contributed by atoms with van der Waals surface area (Å²) in [5.41, 5.74) is 1.61. The van der Waals surface area contributed by atoms with Crippen LogP contribution < -0.4 is 10.1 Å². The van der Waals surface area contributed by atoms with Gasteiger partial charge in [0.15, 0.2) is 0 Å². The highest BCUT2D eigenvalue weighted by Crippen LogP contribution is 2.31. The molecule has 29 heavy (non-hydrogen) atoms. The highest BCUT2D eigenvalue weighted by Gasteiger charge is 2.33. The third-order valence-electron chi connectivity index (χ3n) is 4.85. The Labute approximate surface area is 166 Å². The molecule has 0 unspecified atom stereocenters. The first-order chi connectivity index (χ1) is 14.0. The van der Waals surface area contributed by atoms with E-state index in [-0.39, 0.29) is 18.1 Å². The van der Waals surface area contributed by atoms with Gasteiger partial charge in [-0.25, -0.2) is 0 Å². The molecule has 0 aliphatic carbocycles. The Morgan fingerprint density at radius 2 is 2.34 bits per heavy atom. The highest BCUT2D eigenvalue weighted by atomic mass is 16.5. The number of amides is 1. The van der Waals surface area contributed by atoms with Crippen LogP contribution in [0.5, 0.6) is 5.88 Å². The van der Waals surface area contributed by atoms with Gasteiger partial charge in [0.2, 0.25) is 17.7 Å². The van der Waals surface area contributed by atoms with Gasteiger partial charge in [-0.05, 0) is 13.0 Å². The number of nitrogens with zero attached hydrogens (tertiary/aromatic N) is 6. The van der Waals surface area contributed by atoms with Crippen LogP contribution in [0.15, 0.2) is 31.2 Å². The molecule has 1 aliphatic rings. The standard InChI is InChI=1S/C19H20N8O2/c1-4-15(28)27-10-14(5-11(27)2)29-18-16-12(6-20)7-21-17(16)24-19(25-18)23-13-8-22-26(3)9-13/h4,7-9,11,14H,1,5,10H2,2-3H3,(H2,21,23,24,25)/t11-,14+/m0/s1. The molecule has 1 aliphatic heterocycles. The third-order valence-corrected chi connectivity index (χ3v) is 4.85. The summed E-state index contributed by atoms with van der Waals surface area (Å²) < 4.78 is 7.82. The van der Waals surface area contributed by atoms with Crippen LogP contribution >= 0.6 is 0 Å². The van der Waals surface area contributed by atoms with E-state index in [0.29, 0.717) is 41.4 Å². The summed E-state index contributed by atoms with van der Waals surface area (Å²) in [5, 5.41) is 17.2. The maximum Gasteiger partial charge on any atom is 0.246 e. The number of carbonyl (C=O) groups excluding carboxylic acids is 1. The number of likely N-dealkylation sites (tertiary alicyclic amines) is 1. The van der Waals surface area contributed by atoms with Crippen LogP contribution in [0.25, 0.3) is 11.0 Å². The Hall–Kier alpha value is -3.87. The van der Waals surface area contributed by atoms with Crippen LogP contribution in [0, 0.1) is 11.3 Å². The second kappa shape index (κ2) is 7.27. The molecule has 2 N–H and O–H groups in total. The van der Waals surface area contributed by atoms with Crippen molar-refractivity contribution in [2.45, 2.75) is 25.5 Å². The highest BCUT2D eigenvalue weighted by molar-refractivity contribution is 5.89. The van der Waals surface area contributed by atoms with Crippen LogP contribution in [-0.4, -0.2) is 54.2 Å². The summed E-state index contributed by atoms with van der Waals surface area (Å²) in [6.45, 7) is 5.94. The molecular weight excluding hydrogens is 372 g/mol. The van der Waals surface area contributed by atoms with Crippen molar-refractivity contribution in [1.29, 1.82) is 5.26 Å². The lowest BCUT2D eigenvalue weighted by Gasteiger charge is -2.19. The van der Waals surface area contributed by atoms with Gasteiger partial charge in [-0.15, -0.1) is 0 Å². The minimum absolute atomic E-state index is 0.0254. The zero-order valence-corrected chi connectivity index (χ0v) is 16.1. The van der Waals surface area contributed by atoms with E-state index >= 15 is 0 Å². The molecule has 10 nitrogen and oxygen atoms in total. The molecule has 4 rings (SSSR count). The van der Waals surface area contributed by atoms with E-state index in [1.807, 2.05) is 14.0 Å². The molecule has 3 aromatic rings. The van der Waals surface area contributed by atoms with Crippen molar-refractivity contribution in [3.05, 3.63) is 36.8 Å². The van der Waals surface area contributed by atoms with Crippen molar-refractivity contribution < 1.29 is 9.53 Å². The fourth-order valence-electron chi connectivity index (χ4n) is 3.49. The smallest absolute Gasteiger partial charge is 0.246 e. The van der Waals surface area contributed by atoms with Crippen molar-refractivity contribution in [2.24, 2.45) is 7.05 Å². The minimum Gasteiger partial charge on any atom is -0.472 e. The third kappa shape index (κ3) is 3.50. The quantitative estimate of drug-likeness (QED) is 0.635. The molecule has 0 saturated carbocycles. The Morgan fingerprint density at radius 3 is 3.03 bits per heavy atom. The monoisotopic (exact) mass is 392 g/mol. The topological polar surface area (TPSA) is 125 Å². The first kappa shape index (κ1) is 18.5. The van der Waals surface area contributed by atoms with Gasteiger partial charge in [0.25, 0.3) is 0 Å². The number of nitriles is 1. The Balaban J connectivity index is 1.66. The molecule has 4 heterocycles. The van der Waals surface area contributed by atoms with Crippen LogP contribution in [-0.2, 0) is 11.8 Å². The number of anilines is 2. The predicted molar refractivity (Wildman–Crippen MR) is 105 cm³/mol. The van der Waals surface area contributed by atoms with E-state index in [1.165, 1.54) is 6.08 Å². The molecule has 10 heteroatoms. The number of aromatic amines is 1. The van der Waals surface area contributed by atoms with Crippen molar-refractivity contribution >= 4 is 28.6 Å². The average Bonchev–Trinajstić information content (AvgIpc) is 3.39. The number of hydrogen-bond acceptors (Lipinski definition) is 7. The average molecular weight is 392 g/mol. The van der Waals surface area contributed by atoms with Crippen LogP contribution in [0.4, 0.5) is 11.6 Å². The fraction of sp³-hybridized carbons (Fsp3) is 0.316. The minimum atomic E-state index is -0.250. The summed E-state index contributed by atoms with van der Waals surface area (Å²) in [7, 11) is 1.81. The van der Waals surface area contributed by atoms with E-state index in [9.17, 15) is 10.1 Å². The van der Waals surface area contributed by atoms with Gasteiger partial charge in [0.1, 0.15) is 17.8 Å². The van der Waals surface area contributed by atoms with Crippen LogP contribution in [0.2, 0.25) is 0 Å². The first-order valence-corrected chi connectivity index (χ1v) is 9.13. The summed E-state index contributed by atoms with van der Waals surface area (Å²) in [4.78, 5) is 25.6. The summed E-state index contributed by atoms with van der Waals surface area (Å²) >= 11 is 0. The largest absolute Gasteiger partial charge is 0.472 e. The first-order valence-electron chi connectivity index (χ1n) is 9.13. The van der Waals surface area contributed by atoms with Gasteiger partial charge < -0.3 is 19.9 Å². The number of H-pyrrole nitrogens is 1. The molecular formula is C19H20N8O2. The molecule has 0 radical (unpaired) electrons. The van der Waals surface area contributed by atoms with Gasteiger partial charge in [-0.3, -0.25) is 9.48 Å². The van der Waals surface area contributed by atoms with Gasteiger partial charge >= 0.3 is 0 Å². The molecule has 0 bridgehead atoms. The van der Waals surface area contributed by atoms with E-state index < -0.39 is 0 Å². The molecule has 148 valence electrons. The second-order valence-corrected chi connectivity index (χ2v) is 6.94. The lowest BCUT2D eigenvalue weighted by Crippen LogP contribution is -2.33. The zero-order valence-electron chi connectivity index (χ0n) is 16.1. The normalized spacial score (nSPS) is 18.6. The SMILES string of the molecule is C=CC(=O)N1C[C@H](Oc2nc(Nc3cnn(C)c3)nc3[nH]cc(C#N)c23)C[C@@H]1C. The van der Waals surface area contributed by atoms with Crippen molar-refractivity contribution in [3.63, 3.8) is 0 Å². The molecule has 1 saturated heterocycles. The lowest BCUT2D eigenvalue weighted by molar-refractivity contribution is -0.126. The summed E-state index contributed by atoms with van der Waals surface area (Å²) in [5.74, 6) is 0.482. The van der Waals surface area contributed by atoms with E-state index in [0.717, 1.165) is 5.69 Å². The van der Waals surface area contributed by atoms with Gasteiger partial charge in [0, 0.05) is 31.9 Å². The number of ether oxygens (including phenoxy) is 1. The molecule has 3 aromatic heterocycles. The summed E-state index contributed by atoms with van der Waals surface area (Å²) in [6, 6.07) is 2.16. The van der Waals surface area contributed by atoms with E-state index in [4.69, 9.17) is 4.74 Å². The number of nitrogens with one attached hydrogen (secondary N) is 2. The number of rotatable bonds is 5. The Morgan fingerprint density at radius 1 is 1.52 bits per heavy atom. The molecule has 0 spiro atoms. The van der Waals surface area contributed by atoms with Crippen LogP contribution in [0.3, 0.4) is 0 Å². The van der Waals surface area contributed by atoms with Gasteiger partial charge in [-0.1, -0.05) is 6.58 Å². The second-order valence-electron chi connectivity index (χ2n) is 6.94.